The molecule has 2 aromatic rings. The molecule has 1 saturated heterocycles. The van der Waals surface area contributed by atoms with E-state index in [4.69, 9.17) is 0 Å². The number of nitrogens with zero attached hydrogens (tertiary/aromatic N) is 5. The minimum Gasteiger partial charge on any atom is -0.372 e. The van der Waals surface area contributed by atoms with Crippen LogP contribution in [0.5, 0.6) is 0 Å². The van der Waals surface area contributed by atoms with Crippen LogP contribution in [-0.4, -0.2) is 41.4 Å². The number of piperidine rings is 1. The van der Waals surface area contributed by atoms with E-state index in [0.29, 0.717) is 5.95 Å². The first-order chi connectivity index (χ1) is 12.8. The maximum atomic E-state index is 4.65. The van der Waals surface area contributed by atoms with E-state index < -0.39 is 0 Å². The lowest BCUT2D eigenvalue weighted by Crippen LogP contribution is -2.29. The SMILES string of the molecule is CCCN(CCC)c1cnnc(Nc2ccc(N3CCCCC3)cc2)n1. The lowest BCUT2D eigenvalue weighted by molar-refractivity contribution is 0.578. The van der Waals surface area contributed by atoms with Gasteiger partial charge in [-0.1, -0.05) is 13.8 Å². The number of aromatic nitrogens is 3. The van der Waals surface area contributed by atoms with Crippen molar-refractivity contribution in [2.45, 2.75) is 46.0 Å². The number of rotatable bonds is 8. The zero-order valence-corrected chi connectivity index (χ0v) is 16.0. The molecular formula is C20H30N6. The molecule has 0 aliphatic carbocycles. The first-order valence-electron chi connectivity index (χ1n) is 9.87. The highest BCUT2D eigenvalue weighted by molar-refractivity contribution is 5.59. The average molecular weight is 355 g/mol. The number of hydrogen-bond acceptors (Lipinski definition) is 6. The fraction of sp³-hybridized carbons (Fsp3) is 0.550. The van der Waals surface area contributed by atoms with Crippen LogP contribution in [0.4, 0.5) is 23.1 Å². The first kappa shape index (κ1) is 18.4. The van der Waals surface area contributed by atoms with Crippen LogP contribution in [-0.2, 0) is 0 Å². The Bertz CT molecular complexity index is 660. The second-order valence-corrected chi connectivity index (χ2v) is 6.84. The van der Waals surface area contributed by atoms with E-state index in [2.05, 4.69) is 68.4 Å². The molecule has 1 aliphatic heterocycles. The van der Waals surface area contributed by atoms with E-state index in [1.54, 1.807) is 6.20 Å². The monoisotopic (exact) mass is 354 g/mol. The van der Waals surface area contributed by atoms with Crippen LogP contribution < -0.4 is 15.1 Å². The number of nitrogens with one attached hydrogen (secondary N) is 1. The summed E-state index contributed by atoms with van der Waals surface area (Å²) in [5, 5.41) is 11.6. The molecule has 1 aromatic heterocycles. The maximum Gasteiger partial charge on any atom is 0.249 e. The van der Waals surface area contributed by atoms with E-state index in [1.165, 1.54) is 24.9 Å². The molecule has 0 radical (unpaired) electrons. The summed E-state index contributed by atoms with van der Waals surface area (Å²) >= 11 is 0. The number of anilines is 4. The molecule has 1 fully saturated rings. The molecule has 0 bridgehead atoms. The van der Waals surface area contributed by atoms with Gasteiger partial charge in [-0.3, -0.25) is 0 Å². The molecule has 140 valence electrons. The van der Waals surface area contributed by atoms with E-state index >= 15 is 0 Å². The zero-order chi connectivity index (χ0) is 18.2. The van der Waals surface area contributed by atoms with Crippen molar-refractivity contribution in [1.29, 1.82) is 0 Å². The summed E-state index contributed by atoms with van der Waals surface area (Å²) in [5.74, 6) is 1.43. The van der Waals surface area contributed by atoms with Crippen molar-refractivity contribution >= 4 is 23.1 Å². The molecule has 26 heavy (non-hydrogen) atoms. The van der Waals surface area contributed by atoms with Crippen LogP contribution in [0.3, 0.4) is 0 Å². The molecule has 0 saturated carbocycles. The van der Waals surface area contributed by atoms with Gasteiger partial charge in [-0.05, 0) is 56.4 Å². The Labute approximate surface area is 156 Å². The predicted molar refractivity (Wildman–Crippen MR) is 108 cm³/mol. The highest BCUT2D eigenvalue weighted by Gasteiger charge is 2.11. The Hall–Kier alpha value is -2.37. The second kappa shape index (κ2) is 9.36. The van der Waals surface area contributed by atoms with Crippen molar-refractivity contribution < 1.29 is 0 Å². The average Bonchev–Trinajstić information content (AvgIpc) is 2.69. The second-order valence-electron chi connectivity index (χ2n) is 6.84. The van der Waals surface area contributed by atoms with Crippen molar-refractivity contribution in [3.05, 3.63) is 30.5 Å². The number of hydrogen-bond donors (Lipinski definition) is 1. The Morgan fingerprint density at radius 2 is 1.69 bits per heavy atom. The largest absolute Gasteiger partial charge is 0.372 e. The molecule has 0 spiro atoms. The normalized spacial score (nSPS) is 14.3. The minimum absolute atomic E-state index is 0.547. The molecular weight excluding hydrogens is 324 g/mol. The zero-order valence-electron chi connectivity index (χ0n) is 16.0. The standard InChI is InChI=1S/C20H30N6/c1-3-12-26(13-4-2)19-16-21-24-20(23-19)22-17-8-10-18(11-9-17)25-14-6-5-7-15-25/h8-11,16H,3-7,12-15H2,1-2H3,(H,22,23,24). The van der Waals surface area contributed by atoms with E-state index in [9.17, 15) is 0 Å². The molecule has 2 heterocycles. The van der Waals surface area contributed by atoms with Crippen molar-refractivity contribution in [3.63, 3.8) is 0 Å². The topological polar surface area (TPSA) is 57.2 Å². The van der Waals surface area contributed by atoms with Crippen molar-refractivity contribution in [3.8, 4) is 0 Å². The lowest BCUT2D eigenvalue weighted by Gasteiger charge is -2.28. The number of benzene rings is 1. The molecule has 6 heteroatoms. The summed E-state index contributed by atoms with van der Waals surface area (Å²) in [7, 11) is 0. The predicted octanol–water partition coefficient (Wildman–Crippen LogP) is 4.23. The van der Waals surface area contributed by atoms with Crippen molar-refractivity contribution in [2.75, 3.05) is 41.3 Å². The molecule has 0 unspecified atom stereocenters. The highest BCUT2D eigenvalue weighted by Crippen LogP contribution is 2.23. The van der Waals surface area contributed by atoms with Gasteiger partial charge in [0.1, 0.15) is 0 Å². The van der Waals surface area contributed by atoms with Gasteiger partial charge in [-0.15, -0.1) is 5.10 Å². The Morgan fingerprint density at radius 1 is 1.00 bits per heavy atom. The third-order valence-corrected chi connectivity index (χ3v) is 4.70. The lowest BCUT2D eigenvalue weighted by atomic mass is 10.1. The minimum atomic E-state index is 0.547. The van der Waals surface area contributed by atoms with Gasteiger partial charge in [0.05, 0.1) is 6.20 Å². The van der Waals surface area contributed by atoms with Gasteiger partial charge in [0.15, 0.2) is 5.82 Å². The quantitative estimate of drug-likeness (QED) is 0.765. The third kappa shape index (κ3) is 4.84. The van der Waals surface area contributed by atoms with Crippen LogP contribution in [0.15, 0.2) is 30.5 Å². The van der Waals surface area contributed by atoms with E-state index in [-0.39, 0.29) is 0 Å². The molecule has 1 aliphatic rings. The molecule has 6 nitrogen and oxygen atoms in total. The van der Waals surface area contributed by atoms with Crippen LogP contribution in [0.2, 0.25) is 0 Å². The van der Waals surface area contributed by atoms with Crippen molar-refractivity contribution in [2.24, 2.45) is 0 Å². The van der Waals surface area contributed by atoms with Gasteiger partial charge in [-0.25, -0.2) is 0 Å². The summed E-state index contributed by atoms with van der Waals surface area (Å²) in [6, 6.07) is 8.53. The van der Waals surface area contributed by atoms with Gasteiger partial charge in [-0.2, -0.15) is 10.1 Å². The van der Waals surface area contributed by atoms with E-state index in [1.807, 2.05) is 0 Å². The Morgan fingerprint density at radius 3 is 2.35 bits per heavy atom. The molecule has 0 amide bonds. The van der Waals surface area contributed by atoms with Crippen LogP contribution in [0.25, 0.3) is 0 Å². The summed E-state index contributed by atoms with van der Waals surface area (Å²) < 4.78 is 0. The molecule has 1 N–H and O–H groups in total. The highest BCUT2D eigenvalue weighted by atomic mass is 15.3. The third-order valence-electron chi connectivity index (χ3n) is 4.70. The fourth-order valence-electron chi connectivity index (χ4n) is 3.42. The fourth-order valence-corrected chi connectivity index (χ4v) is 3.42. The van der Waals surface area contributed by atoms with Crippen LogP contribution in [0.1, 0.15) is 46.0 Å². The van der Waals surface area contributed by atoms with Gasteiger partial charge < -0.3 is 15.1 Å². The smallest absolute Gasteiger partial charge is 0.249 e. The molecule has 0 atom stereocenters. The van der Waals surface area contributed by atoms with Crippen molar-refractivity contribution in [1.82, 2.24) is 15.2 Å². The molecule has 3 rings (SSSR count). The van der Waals surface area contributed by atoms with E-state index in [0.717, 1.165) is 50.5 Å². The molecule has 1 aromatic carbocycles. The Kier molecular flexibility index (Phi) is 6.63. The van der Waals surface area contributed by atoms with Crippen LogP contribution >= 0.6 is 0 Å². The van der Waals surface area contributed by atoms with Gasteiger partial charge in [0.2, 0.25) is 5.95 Å². The summed E-state index contributed by atoms with van der Waals surface area (Å²) in [5.41, 5.74) is 2.28. The summed E-state index contributed by atoms with van der Waals surface area (Å²) in [4.78, 5) is 9.37. The van der Waals surface area contributed by atoms with Gasteiger partial charge in [0, 0.05) is 37.6 Å². The van der Waals surface area contributed by atoms with Gasteiger partial charge >= 0.3 is 0 Å². The van der Waals surface area contributed by atoms with Crippen LogP contribution in [0, 0.1) is 0 Å². The summed E-state index contributed by atoms with van der Waals surface area (Å²) in [6.45, 7) is 8.65. The van der Waals surface area contributed by atoms with Gasteiger partial charge in [0.25, 0.3) is 0 Å². The maximum absolute atomic E-state index is 4.65. The first-order valence-corrected chi connectivity index (χ1v) is 9.87. The summed E-state index contributed by atoms with van der Waals surface area (Å²) in [6.07, 6.45) is 7.85. The Balaban J connectivity index is 1.67.